The van der Waals surface area contributed by atoms with Crippen molar-refractivity contribution in [3.8, 4) is 0 Å². The predicted octanol–water partition coefficient (Wildman–Crippen LogP) is 1.26. The summed E-state index contributed by atoms with van der Waals surface area (Å²) in [5.41, 5.74) is 0.709. The normalized spacial score (nSPS) is 27.7. The van der Waals surface area contributed by atoms with Gasteiger partial charge in [0.15, 0.2) is 0 Å². The Morgan fingerprint density at radius 1 is 1.16 bits per heavy atom. The maximum atomic E-state index is 12.1. The highest BCUT2D eigenvalue weighted by Gasteiger charge is 2.49. The van der Waals surface area contributed by atoms with Crippen LogP contribution in [0.4, 0.5) is 10.5 Å². The Hall–Kier alpha value is -0.530. The van der Waals surface area contributed by atoms with E-state index in [1.165, 1.54) is 19.3 Å². The first kappa shape index (κ1) is 20.8. The van der Waals surface area contributed by atoms with Crippen molar-refractivity contribution in [3.63, 3.8) is 0 Å². The number of anilines is 1. The number of fused-ring (bicyclic) bond motifs is 2. The van der Waals surface area contributed by atoms with Gasteiger partial charge in [-0.05, 0) is 55.4 Å². The summed E-state index contributed by atoms with van der Waals surface area (Å²) in [4.78, 5) is 12.1. The second kappa shape index (κ2) is 8.44. The number of carbonyl (C=O) groups is 1. The van der Waals surface area contributed by atoms with Crippen LogP contribution in [0.15, 0.2) is 24.3 Å². The lowest BCUT2D eigenvalue weighted by molar-refractivity contribution is -0.874. The van der Waals surface area contributed by atoms with Crippen LogP contribution in [0, 0.1) is 23.7 Å². The first-order chi connectivity index (χ1) is 11.3. The molecular weight excluding hydrogens is 451 g/mol. The molecule has 0 spiro atoms. The molecule has 1 amide bonds. The molecule has 0 radical (unpaired) electrons. The van der Waals surface area contributed by atoms with E-state index in [-0.39, 0.29) is 30.1 Å². The molecule has 3 rings (SSSR count). The van der Waals surface area contributed by atoms with Crippen LogP contribution >= 0.6 is 11.6 Å². The third-order valence-electron chi connectivity index (χ3n) is 5.53. The zero-order valence-electron chi connectivity index (χ0n) is 15.2. The smallest absolute Gasteiger partial charge is 0.411 e. The quantitative estimate of drug-likeness (QED) is 0.511. The van der Waals surface area contributed by atoms with Gasteiger partial charge in [0, 0.05) is 22.5 Å². The first-order valence-corrected chi connectivity index (χ1v) is 9.19. The van der Waals surface area contributed by atoms with Crippen LogP contribution in [0.5, 0.6) is 0 Å². The van der Waals surface area contributed by atoms with Gasteiger partial charge in [0.25, 0.3) is 0 Å². The molecule has 4 atom stereocenters. The Balaban J connectivity index is 0.00000225. The molecule has 0 aliphatic heterocycles. The third kappa shape index (κ3) is 5.47. The lowest BCUT2D eigenvalue weighted by atomic mass is 9.79. The molecule has 0 saturated heterocycles. The number of hydrogen-bond donors (Lipinski definition) is 1. The second-order valence-corrected chi connectivity index (χ2v) is 8.80. The lowest BCUT2D eigenvalue weighted by Crippen LogP contribution is -3.00. The Morgan fingerprint density at radius 3 is 2.36 bits per heavy atom. The van der Waals surface area contributed by atoms with Gasteiger partial charge in [-0.25, -0.2) is 4.79 Å². The van der Waals surface area contributed by atoms with E-state index in [0.29, 0.717) is 29.2 Å². The number of amides is 1. The molecule has 2 saturated carbocycles. The van der Waals surface area contributed by atoms with Crippen LogP contribution < -0.4 is 29.3 Å². The van der Waals surface area contributed by atoms with Gasteiger partial charge in [-0.15, -0.1) is 0 Å². The van der Waals surface area contributed by atoms with Crippen molar-refractivity contribution in [3.05, 3.63) is 29.3 Å². The summed E-state index contributed by atoms with van der Waals surface area (Å²) in [7, 11) is 6.74. The minimum Gasteiger partial charge on any atom is -1.00 e. The molecule has 1 aromatic carbocycles. The van der Waals surface area contributed by atoms with Crippen molar-refractivity contribution < 1.29 is 38.0 Å². The highest BCUT2D eigenvalue weighted by atomic mass is 127. The van der Waals surface area contributed by atoms with E-state index in [9.17, 15) is 4.79 Å². The van der Waals surface area contributed by atoms with Crippen LogP contribution in [0.25, 0.3) is 0 Å². The van der Waals surface area contributed by atoms with E-state index in [1.54, 1.807) is 24.3 Å². The van der Waals surface area contributed by atoms with Crippen molar-refractivity contribution in [1.82, 2.24) is 0 Å². The average Bonchev–Trinajstić information content (AvgIpc) is 3.08. The molecule has 2 bridgehead atoms. The highest BCUT2D eigenvalue weighted by Crippen LogP contribution is 2.52. The van der Waals surface area contributed by atoms with Gasteiger partial charge in [-0.1, -0.05) is 11.6 Å². The van der Waals surface area contributed by atoms with Gasteiger partial charge < -0.3 is 33.2 Å². The van der Waals surface area contributed by atoms with Gasteiger partial charge in [-0.3, -0.25) is 5.32 Å². The maximum Gasteiger partial charge on any atom is 0.411 e. The molecule has 6 heteroatoms. The molecule has 2 aliphatic carbocycles. The number of benzene rings is 1. The van der Waals surface area contributed by atoms with Crippen molar-refractivity contribution in [2.45, 2.75) is 19.3 Å². The van der Waals surface area contributed by atoms with Gasteiger partial charge in [0.1, 0.15) is 0 Å². The summed E-state index contributed by atoms with van der Waals surface area (Å²) >= 11 is 5.85. The van der Waals surface area contributed by atoms with Gasteiger partial charge in [0.05, 0.1) is 34.3 Å². The van der Waals surface area contributed by atoms with Crippen molar-refractivity contribution in [2.24, 2.45) is 23.7 Å². The Kier molecular flexibility index (Phi) is 7.01. The van der Waals surface area contributed by atoms with Crippen molar-refractivity contribution in [2.75, 3.05) is 39.6 Å². The first-order valence-electron chi connectivity index (χ1n) is 8.81. The Labute approximate surface area is 172 Å². The molecule has 25 heavy (non-hydrogen) atoms. The monoisotopic (exact) mass is 478 g/mol. The molecule has 2 aliphatic rings. The van der Waals surface area contributed by atoms with E-state index in [1.807, 2.05) is 0 Å². The van der Waals surface area contributed by atoms with Gasteiger partial charge >= 0.3 is 6.09 Å². The van der Waals surface area contributed by atoms with Gasteiger partial charge in [-0.2, -0.15) is 0 Å². The lowest BCUT2D eigenvalue weighted by Gasteiger charge is -2.36. The van der Waals surface area contributed by atoms with Crippen LogP contribution in [0.2, 0.25) is 5.02 Å². The molecule has 140 valence electrons. The van der Waals surface area contributed by atoms with E-state index in [0.717, 1.165) is 22.9 Å². The van der Waals surface area contributed by atoms with Crippen LogP contribution in [-0.2, 0) is 4.74 Å². The minimum atomic E-state index is -0.371. The molecule has 0 aromatic heterocycles. The van der Waals surface area contributed by atoms with E-state index in [4.69, 9.17) is 16.3 Å². The summed E-state index contributed by atoms with van der Waals surface area (Å²) in [5, 5.41) is 3.43. The van der Waals surface area contributed by atoms with Crippen LogP contribution in [0.3, 0.4) is 0 Å². The van der Waals surface area contributed by atoms with Gasteiger partial charge in [0.2, 0.25) is 0 Å². The SMILES string of the molecule is C[N+](C)(C)C[C@@H]1[C@H]2CC[C@@H](C2)[C@H]1COC(=O)Nc1ccc(Cl)cc1.[I-]. The van der Waals surface area contributed by atoms with Crippen molar-refractivity contribution >= 4 is 23.4 Å². The molecule has 2 fully saturated rings. The van der Waals surface area contributed by atoms with E-state index < -0.39 is 0 Å². The molecular formula is C19H28ClIN2O2. The van der Waals surface area contributed by atoms with Crippen LogP contribution in [-0.4, -0.2) is 44.9 Å². The van der Waals surface area contributed by atoms with Crippen molar-refractivity contribution in [1.29, 1.82) is 0 Å². The van der Waals surface area contributed by atoms with Crippen LogP contribution in [0.1, 0.15) is 19.3 Å². The number of nitrogens with zero attached hydrogens (tertiary/aromatic N) is 1. The number of quaternary nitrogens is 1. The number of halogens is 2. The highest BCUT2D eigenvalue weighted by molar-refractivity contribution is 6.30. The molecule has 1 N–H and O–H groups in total. The Bertz CT molecular complexity index is 588. The zero-order chi connectivity index (χ0) is 17.3. The molecule has 1 aromatic rings. The minimum absolute atomic E-state index is 0. The Morgan fingerprint density at radius 2 is 1.76 bits per heavy atom. The topological polar surface area (TPSA) is 38.3 Å². The number of hydrogen-bond acceptors (Lipinski definition) is 2. The van der Waals surface area contributed by atoms with E-state index in [2.05, 4.69) is 26.5 Å². The number of nitrogens with one attached hydrogen (secondary N) is 1. The average molecular weight is 479 g/mol. The molecule has 4 nitrogen and oxygen atoms in total. The fraction of sp³-hybridized carbons (Fsp3) is 0.632. The summed E-state index contributed by atoms with van der Waals surface area (Å²) in [6.45, 7) is 1.69. The summed E-state index contributed by atoms with van der Waals surface area (Å²) in [6.07, 6.45) is 3.59. The zero-order valence-corrected chi connectivity index (χ0v) is 18.1. The number of rotatable bonds is 5. The maximum absolute atomic E-state index is 12.1. The molecule has 0 heterocycles. The summed E-state index contributed by atoms with van der Waals surface area (Å²) in [5.74, 6) is 2.74. The number of ether oxygens (including phenoxy) is 1. The molecule has 0 unspecified atom stereocenters. The summed E-state index contributed by atoms with van der Waals surface area (Å²) in [6, 6.07) is 7.07. The fourth-order valence-electron chi connectivity index (χ4n) is 4.57. The van der Waals surface area contributed by atoms with E-state index >= 15 is 0 Å². The summed E-state index contributed by atoms with van der Waals surface area (Å²) < 4.78 is 6.54. The third-order valence-corrected chi connectivity index (χ3v) is 5.78. The standard InChI is InChI=1S/C19H27ClN2O2.HI/c1-22(2,3)11-17-13-4-5-14(10-13)18(17)12-24-19(23)21-16-8-6-15(20)7-9-16;/h6-9,13-14,17-18H,4-5,10-12H2,1-3H3;1H/t13-,14-,17+,18+;/m0./s1. The largest absolute Gasteiger partial charge is 1.00 e. The fourth-order valence-corrected chi connectivity index (χ4v) is 4.69. The number of carbonyl (C=O) groups excluding carboxylic acids is 1. The second-order valence-electron chi connectivity index (χ2n) is 8.36. The predicted molar refractivity (Wildman–Crippen MR) is 97.1 cm³/mol.